The Bertz CT molecular complexity index is 110. The van der Waals surface area contributed by atoms with E-state index < -0.39 is 0 Å². The molecule has 0 aromatic rings. The quantitative estimate of drug-likeness (QED) is 0.448. The molecule has 1 aliphatic rings. The highest BCUT2D eigenvalue weighted by molar-refractivity contribution is 4.77. The van der Waals surface area contributed by atoms with Crippen molar-refractivity contribution < 1.29 is 5.11 Å². The van der Waals surface area contributed by atoms with Gasteiger partial charge in [0.25, 0.3) is 0 Å². The maximum absolute atomic E-state index is 9.30. The highest BCUT2D eigenvalue weighted by Gasteiger charge is 2.19. The zero-order valence-corrected chi connectivity index (χ0v) is 6.29. The van der Waals surface area contributed by atoms with Gasteiger partial charge in [-0.1, -0.05) is 6.08 Å². The summed E-state index contributed by atoms with van der Waals surface area (Å²) in [7, 11) is 0. The Balaban J connectivity index is 1.96. The fraction of sp³-hybridized carbons (Fsp3) is 0.750. The Labute approximate surface area is 62.2 Å². The highest BCUT2D eigenvalue weighted by atomic mass is 16.3. The topological polar surface area (TPSA) is 23.2 Å². The predicted octanol–water partition coefficient (Wildman–Crippen LogP) is 0.629. The van der Waals surface area contributed by atoms with Gasteiger partial charge in [-0.3, -0.25) is 4.90 Å². The average Bonchev–Trinajstić information content (AvgIpc) is 2.67. The molecular formula is C8H15NO. The van der Waals surface area contributed by atoms with Gasteiger partial charge in [-0.15, -0.1) is 6.58 Å². The van der Waals surface area contributed by atoms with E-state index in [0.717, 1.165) is 19.4 Å². The molecule has 1 rings (SSSR count). The first-order valence-electron chi connectivity index (χ1n) is 3.84. The molecule has 0 bridgehead atoms. The Morgan fingerprint density at radius 2 is 2.30 bits per heavy atom. The molecule has 1 saturated heterocycles. The molecule has 2 heteroatoms. The van der Waals surface area contributed by atoms with Crippen molar-refractivity contribution in [1.29, 1.82) is 0 Å². The standard InChI is InChI=1S/C8H15NO/c1-2-3-4-8(10)7-9-5-6-9/h2,8,10H,1,3-7H2. The van der Waals surface area contributed by atoms with Crippen LogP contribution in [0.5, 0.6) is 0 Å². The van der Waals surface area contributed by atoms with Gasteiger partial charge in [0, 0.05) is 19.6 Å². The second kappa shape index (κ2) is 3.74. The van der Waals surface area contributed by atoms with Gasteiger partial charge in [0.15, 0.2) is 0 Å². The molecule has 58 valence electrons. The zero-order valence-electron chi connectivity index (χ0n) is 6.29. The van der Waals surface area contributed by atoms with E-state index in [1.807, 2.05) is 6.08 Å². The van der Waals surface area contributed by atoms with Crippen LogP contribution in [-0.4, -0.2) is 35.7 Å². The molecule has 0 amide bonds. The lowest BCUT2D eigenvalue weighted by Crippen LogP contribution is -2.18. The molecule has 0 saturated carbocycles. The van der Waals surface area contributed by atoms with Gasteiger partial charge in [0.2, 0.25) is 0 Å². The summed E-state index contributed by atoms with van der Waals surface area (Å²) in [4.78, 5) is 2.23. The van der Waals surface area contributed by atoms with Crippen LogP contribution in [0, 0.1) is 0 Å². The Kier molecular flexibility index (Phi) is 2.90. The summed E-state index contributed by atoms with van der Waals surface area (Å²) in [5.74, 6) is 0. The van der Waals surface area contributed by atoms with Crippen molar-refractivity contribution in [1.82, 2.24) is 4.90 Å². The van der Waals surface area contributed by atoms with Crippen LogP contribution in [0.1, 0.15) is 12.8 Å². The van der Waals surface area contributed by atoms with E-state index in [0.29, 0.717) is 0 Å². The number of hydrogen-bond acceptors (Lipinski definition) is 2. The van der Waals surface area contributed by atoms with E-state index >= 15 is 0 Å². The molecule has 1 N–H and O–H groups in total. The molecule has 1 unspecified atom stereocenters. The van der Waals surface area contributed by atoms with Crippen molar-refractivity contribution in [2.24, 2.45) is 0 Å². The summed E-state index contributed by atoms with van der Waals surface area (Å²) in [6, 6.07) is 0. The van der Waals surface area contributed by atoms with Crippen molar-refractivity contribution in [3.63, 3.8) is 0 Å². The number of allylic oxidation sites excluding steroid dienone is 1. The average molecular weight is 141 g/mol. The zero-order chi connectivity index (χ0) is 7.40. The van der Waals surface area contributed by atoms with Gasteiger partial charge in [-0.25, -0.2) is 0 Å². The highest BCUT2D eigenvalue weighted by Crippen LogP contribution is 2.07. The summed E-state index contributed by atoms with van der Waals surface area (Å²) in [5, 5.41) is 9.30. The van der Waals surface area contributed by atoms with Gasteiger partial charge in [-0.2, -0.15) is 0 Å². The number of rotatable bonds is 5. The Morgan fingerprint density at radius 3 is 2.80 bits per heavy atom. The SMILES string of the molecule is C=CCCC(O)CN1CC1. The molecule has 10 heavy (non-hydrogen) atoms. The van der Waals surface area contributed by atoms with E-state index in [1.54, 1.807) is 0 Å². The van der Waals surface area contributed by atoms with E-state index in [9.17, 15) is 5.11 Å². The molecule has 0 aromatic heterocycles. The lowest BCUT2D eigenvalue weighted by molar-refractivity contribution is 0.146. The number of β-amino-alcohol motifs (C(OH)–C–C–N with tert-alkyl or cyclic N) is 1. The number of aliphatic hydroxyl groups excluding tert-OH is 1. The van der Waals surface area contributed by atoms with Crippen molar-refractivity contribution >= 4 is 0 Å². The summed E-state index contributed by atoms with van der Waals surface area (Å²) < 4.78 is 0. The van der Waals surface area contributed by atoms with Crippen LogP contribution < -0.4 is 0 Å². The Morgan fingerprint density at radius 1 is 1.60 bits per heavy atom. The van der Waals surface area contributed by atoms with E-state index in [-0.39, 0.29) is 6.10 Å². The minimum atomic E-state index is -0.138. The smallest absolute Gasteiger partial charge is 0.0670 e. The third kappa shape index (κ3) is 2.99. The van der Waals surface area contributed by atoms with Gasteiger partial charge in [0.1, 0.15) is 0 Å². The first-order valence-corrected chi connectivity index (χ1v) is 3.84. The Hall–Kier alpha value is -0.340. The monoisotopic (exact) mass is 141 g/mol. The minimum Gasteiger partial charge on any atom is -0.392 e. The summed E-state index contributed by atoms with van der Waals surface area (Å²) >= 11 is 0. The second-order valence-electron chi connectivity index (χ2n) is 2.82. The van der Waals surface area contributed by atoms with Gasteiger partial charge < -0.3 is 5.11 Å². The summed E-state index contributed by atoms with van der Waals surface area (Å²) in [6.45, 7) is 6.80. The van der Waals surface area contributed by atoms with Crippen molar-refractivity contribution in [3.05, 3.63) is 12.7 Å². The largest absolute Gasteiger partial charge is 0.392 e. The van der Waals surface area contributed by atoms with Crippen LogP contribution in [0.3, 0.4) is 0 Å². The summed E-state index contributed by atoms with van der Waals surface area (Å²) in [5.41, 5.74) is 0. The van der Waals surface area contributed by atoms with Crippen molar-refractivity contribution in [2.75, 3.05) is 19.6 Å². The van der Waals surface area contributed by atoms with E-state index in [4.69, 9.17) is 0 Å². The molecule has 0 aliphatic carbocycles. The number of aliphatic hydroxyl groups is 1. The molecule has 0 aromatic carbocycles. The molecule has 0 spiro atoms. The third-order valence-corrected chi connectivity index (χ3v) is 1.71. The van der Waals surface area contributed by atoms with Crippen molar-refractivity contribution in [2.45, 2.75) is 18.9 Å². The van der Waals surface area contributed by atoms with Crippen LogP contribution in [-0.2, 0) is 0 Å². The molecule has 1 atom stereocenters. The number of nitrogens with zero attached hydrogens (tertiary/aromatic N) is 1. The normalized spacial score (nSPS) is 20.5. The van der Waals surface area contributed by atoms with Crippen molar-refractivity contribution in [3.8, 4) is 0 Å². The molecular weight excluding hydrogens is 126 g/mol. The van der Waals surface area contributed by atoms with Crippen LogP contribution in [0.25, 0.3) is 0 Å². The van der Waals surface area contributed by atoms with Gasteiger partial charge in [-0.05, 0) is 12.8 Å². The van der Waals surface area contributed by atoms with E-state index in [1.165, 1.54) is 13.1 Å². The summed E-state index contributed by atoms with van der Waals surface area (Å²) in [6.07, 6.45) is 3.50. The fourth-order valence-electron chi connectivity index (χ4n) is 0.953. The molecule has 2 nitrogen and oxygen atoms in total. The fourth-order valence-corrected chi connectivity index (χ4v) is 0.953. The molecule has 1 aliphatic heterocycles. The predicted molar refractivity (Wildman–Crippen MR) is 41.9 cm³/mol. The van der Waals surface area contributed by atoms with Gasteiger partial charge in [0.05, 0.1) is 6.10 Å². The van der Waals surface area contributed by atoms with Crippen LogP contribution in [0.4, 0.5) is 0 Å². The lowest BCUT2D eigenvalue weighted by atomic mass is 10.2. The molecule has 1 heterocycles. The van der Waals surface area contributed by atoms with E-state index in [2.05, 4.69) is 11.5 Å². The number of hydrogen-bond donors (Lipinski definition) is 1. The molecule has 0 radical (unpaired) electrons. The first-order chi connectivity index (χ1) is 4.83. The first kappa shape index (κ1) is 7.76. The van der Waals surface area contributed by atoms with Gasteiger partial charge >= 0.3 is 0 Å². The van der Waals surface area contributed by atoms with Crippen LogP contribution in [0.15, 0.2) is 12.7 Å². The lowest BCUT2D eigenvalue weighted by Gasteiger charge is -2.08. The maximum Gasteiger partial charge on any atom is 0.0670 e. The molecule has 1 fully saturated rings. The van der Waals surface area contributed by atoms with Crippen LogP contribution >= 0.6 is 0 Å². The second-order valence-corrected chi connectivity index (χ2v) is 2.82. The van der Waals surface area contributed by atoms with Crippen LogP contribution in [0.2, 0.25) is 0 Å². The third-order valence-electron chi connectivity index (χ3n) is 1.71. The minimum absolute atomic E-state index is 0.138. The maximum atomic E-state index is 9.30.